The van der Waals surface area contributed by atoms with Gasteiger partial charge in [-0.05, 0) is 49.4 Å². The van der Waals surface area contributed by atoms with Crippen molar-refractivity contribution in [2.24, 2.45) is 0 Å². The van der Waals surface area contributed by atoms with E-state index in [9.17, 15) is 9.18 Å². The topological polar surface area (TPSA) is 75.4 Å². The molecule has 1 aliphatic rings. The fourth-order valence-corrected chi connectivity index (χ4v) is 4.01. The molecule has 0 unspecified atom stereocenters. The highest BCUT2D eigenvalue weighted by Gasteiger charge is 2.27. The van der Waals surface area contributed by atoms with Gasteiger partial charge in [0.05, 0.1) is 27.4 Å². The Kier molecular flexibility index (Phi) is 5.22. The normalized spacial score (nSPS) is 14.2. The summed E-state index contributed by atoms with van der Waals surface area (Å²) in [6, 6.07) is 11.4. The summed E-state index contributed by atoms with van der Waals surface area (Å²) in [6.45, 7) is 4.18. The molecule has 0 N–H and O–H groups in total. The molecule has 0 saturated carbocycles. The maximum absolute atomic E-state index is 13.5. The summed E-state index contributed by atoms with van der Waals surface area (Å²) in [5.74, 6) is 0.381. The molecule has 162 valence electrons. The van der Waals surface area contributed by atoms with Gasteiger partial charge >= 0.3 is 0 Å². The molecule has 1 fully saturated rings. The summed E-state index contributed by atoms with van der Waals surface area (Å²) in [7, 11) is 0. The number of anilines is 1. The van der Waals surface area contributed by atoms with E-state index in [1.807, 2.05) is 11.0 Å². The fourth-order valence-electron chi connectivity index (χ4n) is 3.90. The Bertz CT molecular complexity index is 1280. The molecule has 0 atom stereocenters. The molecule has 0 aliphatic carbocycles. The van der Waals surface area contributed by atoms with Crippen molar-refractivity contribution in [1.82, 2.24) is 20.0 Å². The van der Waals surface area contributed by atoms with E-state index >= 15 is 0 Å². The molecule has 4 aromatic rings. The van der Waals surface area contributed by atoms with Gasteiger partial charge in [0.2, 0.25) is 0 Å². The SMILES string of the molecule is Cc1noc2nc(-c3ccc(F)cc3)cc(C(=O)N3CCN(c4ccc(Cl)cn4)CC3)c12. The number of fused-ring (bicyclic) bond motifs is 1. The molecule has 3 aromatic heterocycles. The number of nitrogens with zero attached hydrogens (tertiary/aromatic N) is 5. The van der Waals surface area contributed by atoms with Crippen molar-refractivity contribution in [3.05, 3.63) is 70.8 Å². The van der Waals surface area contributed by atoms with E-state index in [0.717, 1.165) is 5.82 Å². The maximum Gasteiger partial charge on any atom is 0.259 e. The monoisotopic (exact) mass is 451 g/mol. The fraction of sp³-hybridized carbons (Fsp3) is 0.217. The number of carbonyl (C=O) groups is 1. The summed E-state index contributed by atoms with van der Waals surface area (Å²) in [4.78, 5) is 26.3. The minimum atomic E-state index is -0.338. The predicted molar refractivity (Wildman–Crippen MR) is 119 cm³/mol. The zero-order valence-electron chi connectivity index (χ0n) is 17.3. The van der Waals surface area contributed by atoms with Gasteiger partial charge in [0.25, 0.3) is 11.6 Å². The van der Waals surface area contributed by atoms with Crippen LogP contribution in [0.4, 0.5) is 10.2 Å². The summed E-state index contributed by atoms with van der Waals surface area (Å²) in [6.07, 6.45) is 1.62. The average molecular weight is 452 g/mol. The number of piperazine rings is 1. The van der Waals surface area contributed by atoms with Gasteiger partial charge in [0.1, 0.15) is 11.6 Å². The minimum Gasteiger partial charge on any atom is -0.353 e. The first-order chi connectivity index (χ1) is 15.5. The number of rotatable bonds is 3. The lowest BCUT2D eigenvalue weighted by Crippen LogP contribution is -2.49. The number of hydrogen-bond donors (Lipinski definition) is 0. The first-order valence-corrected chi connectivity index (χ1v) is 10.6. The number of benzene rings is 1. The number of hydrogen-bond acceptors (Lipinski definition) is 6. The first kappa shape index (κ1) is 20.4. The van der Waals surface area contributed by atoms with Crippen molar-refractivity contribution >= 4 is 34.4 Å². The third-order valence-electron chi connectivity index (χ3n) is 5.59. The Morgan fingerprint density at radius 3 is 2.53 bits per heavy atom. The summed E-state index contributed by atoms with van der Waals surface area (Å²) in [5, 5.41) is 5.18. The second kappa shape index (κ2) is 8.20. The van der Waals surface area contributed by atoms with Crippen molar-refractivity contribution < 1.29 is 13.7 Å². The lowest BCUT2D eigenvalue weighted by molar-refractivity contribution is 0.0748. The van der Waals surface area contributed by atoms with Crippen LogP contribution in [0.1, 0.15) is 16.1 Å². The highest BCUT2D eigenvalue weighted by atomic mass is 35.5. The van der Waals surface area contributed by atoms with Crippen LogP contribution in [0.2, 0.25) is 5.02 Å². The van der Waals surface area contributed by atoms with Crippen LogP contribution in [-0.4, -0.2) is 52.1 Å². The van der Waals surface area contributed by atoms with Crippen molar-refractivity contribution in [3.8, 4) is 11.3 Å². The molecule has 0 spiro atoms. The third kappa shape index (κ3) is 3.78. The zero-order chi connectivity index (χ0) is 22.2. The van der Waals surface area contributed by atoms with E-state index < -0.39 is 0 Å². The average Bonchev–Trinajstić information content (AvgIpc) is 3.20. The van der Waals surface area contributed by atoms with Gasteiger partial charge in [-0.15, -0.1) is 0 Å². The quantitative estimate of drug-likeness (QED) is 0.461. The standard InChI is InChI=1S/C23H19ClFN5O2/c1-14-21-18(12-19(27-22(21)32-28-14)15-2-5-17(25)6-3-15)23(31)30-10-8-29(9-11-30)20-7-4-16(24)13-26-20/h2-7,12-13H,8-11H2,1H3. The van der Waals surface area contributed by atoms with Crippen molar-refractivity contribution in [2.75, 3.05) is 31.1 Å². The number of aryl methyl sites for hydroxylation is 1. The van der Waals surface area contributed by atoms with Crippen LogP contribution in [0.5, 0.6) is 0 Å². The molecule has 5 rings (SSSR count). The molecule has 1 aliphatic heterocycles. The Hall–Kier alpha value is -3.52. The Morgan fingerprint density at radius 1 is 1.09 bits per heavy atom. The molecule has 0 radical (unpaired) electrons. The summed E-state index contributed by atoms with van der Waals surface area (Å²) < 4.78 is 18.7. The number of amides is 1. The minimum absolute atomic E-state index is 0.115. The van der Waals surface area contributed by atoms with Crippen LogP contribution in [0, 0.1) is 12.7 Å². The maximum atomic E-state index is 13.5. The highest BCUT2D eigenvalue weighted by Crippen LogP contribution is 2.28. The van der Waals surface area contributed by atoms with E-state index in [2.05, 4.69) is 20.0 Å². The molecule has 1 aromatic carbocycles. The number of pyridine rings is 2. The molecule has 4 heterocycles. The van der Waals surface area contributed by atoms with Gasteiger partial charge in [-0.25, -0.2) is 14.4 Å². The van der Waals surface area contributed by atoms with E-state index in [1.54, 1.807) is 37.4 Å². The van der Waals surface area contributed by atoms with E-state index in [4.69, 9.17) is 16.1 Å². The molecule has 1 saturated heterocycles. The van der Waals surface area contributed by atoms with Crippen LogP contribution in [0.15, 0.2) is 53.2 Å². The number of carbonyl (C=O) groups excluding carboxylic acids is 1. The second-order valence-electron chi connectivity index (χ2n) is 7.62. The second-order valence-corrected chi connectivity index (χ2v) is 8.06. The zero-order valence-corrected chi connectivity index (χ0v) is 18.0. The van der Waals surface area contributed by atoms with Crippen LogP contribution in [0.25, 0.3) is 22.4 Å². The number of aromatic nitrogens is 3. The predicted octanol–water partition coefficient (Wildman–Crippen LogP) is 4.35. The Morgan fingerprint density at radius 2 is 1.84 bits per heavy atom. The van der Waals surface area contributed by atoms with Crippen molar-refractivity contribution in [1.29, 1.82) is 0 Å². The van der Waals surface area contributed by atoms with Crippen LogP contribution in [-0.2, 0) is 0 Å². The summed E-state index contributed by atoms with van der Waals surface area (Å²) in [5.41, 5.74) is 2.59. The molecular weight excluding hydrogens is 433 g/mol. The molecule has 1 amide bonds. The van der Waals surface area contributed by atoms with Gasteiger partial charge < -0.3 is 14.3 Å². The third-order valence-corrected chi connectivity index (χ3v) is 5.81. The molecular formula is C23H19ClFN5O2. The lowest BCUT2D eigenvalue weighted by atomic mass is 10.0. The van der Waals surface area contributed by atoms with Crippen molar-refractivity contribution in [2.45, 2.75) is 6.92 Å². The lowest BCUT2D eigenvalue weighted by Gasteiger charge is -2.35. The van der Waals surface area contributed by atoms with Crippen LogP contribution >= 0.6 is 11.6 Å². The van der Waals surface area contributed by atoms with Crippen LogP contribution < -0.4 is 4.90 Å². The van der Waals surface area contributed by atoms with E-state index in [0.29, 0.717) is 59.1 Å². The molecule has 9 heteroatoms. The van der Waals surface area contributed by atoms with Gasteiger partial charge in [-0.3, -0.25) is 4.79 Å². The van der Waals surface area contributed by atoms with Crippen molar-refractivity contribution in [3.63, 3.8) is 0 Å². The smallest absolute Gasteiger partial charge is 0.259 e. The molecule has 7 nitrogen and oxygen atoms in total. The van der Waals surface area contributed by atoms with Gasteiger partial charge in [-0.1, -0.05) is 16.8 Å². The van der Waals surface area contributed by atoms with Gasteiger partial charge in [-0.2, -0.15) is 0 Å². The number of halogens is 2. The first-order valence-electron chi connectivity index (χ1n) is 10.2. The molecule has 0 bridgehead atoms. The van der Waals surface area contributed by atoms with Gasteiger partial charge in [0, 0.05) is 37.9 Å². The van der Waals surface area contributed by atoms with Gasteiger partial charge in [0.15, 0.2) is 0 Å². The summed E-state index contributed by atoms with van der Waals surface area (Å²) >= 11 is 5.93. The Labute approximate surface area is 188 Å². The molecule has 32 heavy (non-hydrogen) atoms. The van der Waals surface area contributed by atoms with Crippen LogP contribution in [0.3, 0.4) is 0 Å². The highest BCUT2D eigenvalue weighted by molar-refractivity contribution is 6.30. The van der Waals surface area contributed by atoms with E-state index in [1.165, 1.54) is 12.1 Å². The Balaban J connectivity index is 1.43. The largest absolute Gasteiger partial charge is 0.353 e. The van der Waals surface area contributed by atoms with E-state index in [-0.39, 0.29) is 17.4 Å².